The number of fused-ring (bicyclic) bond motifs is 1. The Morgan fingerprint density at radius 1 is 1.16 bits per heavy atom. The highest BCUT2D eigenvalue weighted by atomic mass is 35.5. The van der Waals surface area contributed by atoms with E-state index in [2.05, 4.69) is 16.3 Å². The first-order valence-electron chi connectivity index (χ1n) is 10.2. The number of hydrazone groups is 1. The van der Waals surface area contributed by atoms with Crippen LogP contribution in [-0.2, 0) is 6.42 Å². The van der Waals surface area contributed by atoms with Gasteiger partial charge in [-0.15, -0.1) is 0 Å². The lowest BCUT2D eigenvalue weighted by Crippen LogP contribution is -2.41. The van der Waals surface area contributed by atoms with Crippen molar-refractivity contribution >= 4 is 39.6 Å². The van der Waals surface area contributed by atoms with Crippen molar-refractivity contribution in [2.45, 2.75) is 19.4 Å². The number of urea groups is 1. The predicted octanol–water partition coefficient (Wildman–Crippen LogP) is 4.25. The number of rotatable bonds is 2. The van der Waals surface area contributed by atoms with Gasteiger partial charge in [-0.05, 0) is 43.2 Å². The van der Waals surface area contributed by atoms with Crippen LogP contribution in [0.4, 0.5) is 10.5 Å². The Balaban J connectivity index is 1.75. The molecule has 0 aromatic heterocycles. The fourth-order valence-electron chi connectivity index (χ4n) is 4.01. The van der Waals surface area contributed by atoms with Gasteiger partial charge >= 0.3 is 6.03 Å². The number of anilines is 1. The molecule has 0 saturated carbocycles. The summed E-state index contributed by atoms with van der Waals surface area (Å²) < 4.78 is 19.9. The molecule has 2 amide bonds. The molecule has 166 valence electrons. The highest BCUT2D eigenvalue weighted by molar-refractivity contribution is 8.24. The quantitative estimate of drug-likeness (QED) is 0.622. The zero-order chi connectivity index (χ0) is 22.2. The molecule has 2 aromatic rings. The molecule has 9 heteroatoms. The fourth-order valence-corrected chi connectivity index (χ4v) is 5.36. The maximum atomic E-state index is 12.5. The second-order valence-corrected chi connectivity index (χ2v) is 10.8. The van der Waals surface area contributed by atoms with Crippen LogP contribution in [0.15, 0.2) is 47.6 Å². The molecular formula is C22H27ClN4O3S. The Kier molecular flexibility index (Phi) is 6.16. The summed E-state index contributed by atoms with van der Waals surface area (Å²) in [6, 6.07) is 13.3. The molecule has 2 aliphatic rings. The molecule has 2 heterocycles. The Labute approximate surface area is 189 Å². The first-order chi connectivity index (χ1) is 14.8. The van der Waals surface area contributed by atoms with Gasteiger partial charge in [0.05, 0.1) is 23.3 Å². The zero-order valence-electron chi connectivity index (χ0n) is 17.6. The summed E-state index contributed by atoms with van der Waals surface area (Å²) in [4.78, 5) is 14.7. The topological polar surface area (TPSA) is 88.4 Å². The van der Waals surface area contributed by atoms with Gasteiger partial charge in [-0.25, -0.2) is 9.80 Å². The molecule has 2 aliphatic heterocycles. The monoisotopic (exact) mass is 462 g/mol. The molecule has 0 bridgehead atoms. The molecule has 4 rings (SSSR count). The van der Waals surface area contributed by atoms with Crippen LogP contribution in [0, 0.1) is 0 Å². The van der Waals surface area contributed by atoms with Crippen molar-refractivity contribution in [1.29, 1.82) is 0 Å². The lowest BCUT2D eigenvalue weighted by atomic mass is 9.94. The van der Waals surface area contributed by atoms with E-state index < -0.39 is 10.6 Å². The maximum absolute atomic E-state index is 12.5. The third kappa shape index (κ3) is 4.67. The lowest BCUT2D eigenvalue weighted by Gasteiger charge is -2.42. The van der Waals surface area contributed by atoms with E-state index in [9.17, 15) is 13.9 Å². The number of carbonyl (C=O) groups is 1. The molecule has 0 aliphatic carbocycles. The molecule has 1 unspecified atom stereocenters. The summed E-state index contributed by atoms with van der Waals surface area (Å²) in [6.07, 6.45) is 0.653. The van der Waals surface area contributed by atoms with Gasteiger partial charge < -0.3 is 10.2 Å². The van der Waals surface area contributed by atoms with Crippen LogP contribution in [-0.4, -0.2) is 63.5 Å². The van der Waals surface area contributed by atoms with Crippen LogP contribution >= 0.6 is 22.2 Å². The molecule has 1 atom stereocenters. The Hall–Kier alpha value is -2.26. The van der Waals surface area contributed by atoms with E-state index in [-0.39, 0.29) is 12.1 Å². The molecule has 0 radical (unpaired) electrons. The number of nitrogens with zero attached hydrogens (tertiary/aromatic N) is 3. The van der Waals surface area contributed by atoms with E-state index in [1.165, 1.54) is 5.01 Å². The van der Waals surface area contributed by atoms with Crippen LogP contribution in [0.3, 0.4) is 0 Å². The van der Waals surface area contributed by atoms with Crippen LogP contribution in [0.25, 0.3) is 0 Å². The van der Waals surface area contributed by atoms with E-state index in [1.807, 2.05) is 43.3 Å². The minimum absolute atomic E-state index is 0.132. The van der Waals surface area contributed by atoms with E-state index in [0.29, 0.717) is 36.0 Å². The second kappa shape index (κ2) is 8.70. The molecule has 1 fully saturated rings. The number of hydrogen-bond acceptors (Lipinski definition) is 5. The van der Waals surface area contributed by atoms with Crippen molar-refractivity contribution in [1.82, 2.24) is 10.3 Å². The van der Waals surface area contributed by atoms with Gasteiger partial charge in [0.1, 0.15) is 0 Å². The third-order valence-corrected chi connectivity index (χ3v) is 7.69. The highest BCUT2D eigenvalue weighted by Gasteiger charge is 2.28. The highest BCUT2D eigenvalue weighted by Crippen LogP contribution is 2.41. The van der Waals surface area contributed by atoms with Gasteiger partial charge in [0.2, 0.25) is 0 Å². The number of halogens is 1. The average molecular weight is 463 g/mol. The van der Waals surface area contributed by atoms with Gasteiger partial charge in [-0.2, -0.15) is 15.7 Å². The maximum Gasteiger partial charge on any atom is 0.337 e. The van der Waals surface area contributed by atoms with Crippen molar-refractivity contribution in [2.75, 3.05) is 36.5 Å². The summed E-state index contributed by atoms with van der Waals surface area (Å²) in [5, 5.41) is 9.57. The molecule has 3 N–H and O–H groups in total. The molecular weight excluding hydrogens is 436 g/mol. The van der Waals surface area contributed by atoms with Crippen LogP contribution in [0.1, 0.15) is 23.6 Å². The number of benzene rings is 2. The Bertz CT molecular complexity index is 1000. The molecule has 1 saturated heterocycles. The summed E-state index contributed by atoms with van der Waals surface area (Å²) in [5.74, 6) is 0.783. The van der Waals surface area contributed by atoms with Crippen molar-refractivity contribution in [2.24, 2.45) is 5.10 Å². The summed E-state index contributed by atoms with van der Waals surface area (Å²) in [7, 11) is -0.846. The van der Waals surface area contributed by atoms with Gasteiger partial charge in [-0.1, -0.05) is 29.8 Å². The van der Waals surface area contributed by atoms with Gasteiger partial charge in [0, 0.05) is 42.0 Å². The molecule has 31 heavy (non-hydrogen) atoms. The lowest BCUT2D eigenvalue weighted by molar-refractivity contribution is 0.184. The van der Waals surface area contributed by atoms with Crippen molar-refractivity contribution in [3.05, 3.63) is 64.2 Å². The van der Waals surface area contributed by atoms with Crippen LogP contribution < -0.4 is 10.2 Å². The molecule has 0 spiro atoms. The minimum Gasteiger partial charge on any atom is -0.368 e. The van der Waals surface area contributed by atoms with E-state index in [1.54, 1.807) is 7.05 Å². The number of amides is 2. The van der Waals surface area contributed by atoms with E-state index in [4.69, 9.17) is 16.7 Å². The Morgan fingerprint density at radius 2 is 1.84 bits per heavy atom. The zero-order valence-corrected chi connectivity index (χ0v) is 19.2. The first kappa shape index (κ1) is 22.0. The third-order valence-electron chi connectivity index (χ3n) is 5.77. The van der Waals surface area contributed by atoms with E-state index in [0.717, 1.165) is 28.1 Å². The average Bonchev–Trinajstić information content (AvgIpc) is 2.89. The van der Waals surface area contributed by atoms with Crippen molar-refractivity contribution < 1.29 is 13.9 Å². The normalized spacial score (nSPS) is 21.6. The number of nitrogens with one attached hydrogen (secondary N) is 1. The van der Waals surface area contributed by atoms with Gasteiger partial charge in [0.25, 0.3) is 0 Å². The fraction of sp³-hybridized carbons (Fsp3) is 0.364. The largest absolute Gasteiger partial charge is 0.368 e. The number of carbonyl (C=O) groups excluding carboxylic acids is 1. The summed E-state index contributed by atoms with van der Waals surface area (Å²) in [5.41, 5.74) is 4.73. The van der Waals surface area contributed by atoms with Crippen LogP contribution in [0.2, 0.25) is 5.02 Å². The molecule has 7 nitrogen and oxygen atoms in total. The van der Waals surface area contributed by atoms with Crippen molar-refractivity contribution in [3.63, 3.8) is 0 Å². The summed E-state index contributed by atoms with van der Waals surface area (Å²) >= 11 is 6.08. The minimum atomic E-state index is -2.45. The van der Waals surface area contributed by atoms with E-state index >= 15 is 0 Å². The first-order valence-corrected chi connectivity index (χ1v) is 12.5. The number of hydrogen-bond donors (Lipinski definition) is 3. The predicted molar refractivity (Wildman–Crippen MR) is 128 cm³/mol. The van der Waals surface area contributed by atoms with Gasteiger partial charge in [-0.3, -0.25) is 9.11 Å². The van der Waals surface area contributed by atoms with Crippen molar-refractivity contribution in [3.8, 4) is 0 Å². The Morgan fingerprint density at radius 3 is 2.48 bits per heavy atom. The van der Waals surface area contributed by atoms with Crippen LogP contribution in [0.5, 0.6) is 0 Å². The molecule has 2 aromatic carbocycles. The second-order valence-electron chi connectivity index (χ2n) is 7.95. The van der Waals surface area contributed by atoms with Gasteiger partial charge in [0.15, 0.2) is 0 Å². The smallest absolute Gasteiger partial charge is 0.337 e. The summed E-state index contributed by atoms with van der Waals surface area (Å²) in [6.45, 7) is 3.20. The SMILES string of the molecule is CNC(=O)N1N=C(c2ccc(Cl)cc2)c2ccc(N3CCS(O)(O)CC3)cc2CC1C. The standard InChI is InChI=1S/C22H27ClN4O3S/c1-15-13-17-14-19(26-9-11-31(29,30)12-10-26)7-8-20(17)21(25-27(15)22(28)24-2)16-3-5-18(23)6-4-16/h3-8,14-15,29-30H,9-13H2,1-2H3,(H,24,28).